The molecule has 6 nitrogen and oxygen atoms in total. The van der Waals surface area contributed by atoms with Crippen molar-refractivity contribution in [3.05, 3.63) is 23.8 Å². The molecule has 1 heterocycles. The molecule has 2 rings (SSSR count). The van der Waals surface area contributed by atoms with Crippen LogP contribution in [-0.4, -0.2) is 60.2 Å². The molecule has 0 spiro atoms. The Hall–Kier alpha value is -1.44. The third-order valence-electron chi connectivity index (χ3n) is 3.29. The van der Waals surface area contributed by atoms with Gasteiger partial charge in [0.05, 0.1) is 39.2 Å². The number of carbonyl (C=O) groups is 1. The summed E-state index contributed by atoms with van der Waals surface area (Å²) < 4.78 is 10.5. The molecule has 7 heteroatoms. The van der Waals surface area contributed by atoms with Gasteiger partial charge < -0.3 is 24.6 Å². The molecular weight excluding hydrogens is 294 g/mol. The lowest BCUT2D eigenvalue weighted by molar-refractivity contribution is -0.129. The second kappa shape index (κ2) is 7.02. The van der Waals surface area contributed by atoms with Crippen molar-refractivity contribution in [1.82, 2.24) is 4.90 Å². The summed E-state index contributed by atoms with van der Waals surface area (Å²) in [6.07, 6.45) is -0.945. The number of methoxy groups -OCH3 is 2. The molecular formula is C14H19NO5S. The Balaban J connectivity index is 2.28. The molecule has 21 heavy (non-hydrogen) atoms. The molecule has 1 aromatic carbocycles. The number of ether oxygens (including phenoxy) is 2. The third kappa shape index (κ3) is 3.42. The molecule has 0 bridgehead atoms. The Kier molecular flexibility index (Phi) is 5.33. The van der Waals surface area contributed by atoms with E-state index in [1.807, 2.05) is 12.1 Å². The van der Waals surface area contributed by atoms with Crippen LogP contribution < -0.4 is 9.47 Å². The van der Waals surface area contributed by atoms with Crippen molar-refractivity contribution in [3.63, 3.8) is 0 Å². The predicted octanol–water partition coefficient (Wildman–Crippen LogP) is 0.631. The van der Waals surface area contributed by atoms with Gasteiger partial charge in [-0.3, -0.25) is 4.79 Å². The lowest BCUT2D eigenvalue weighted by Gasteiger charge is -2.27. The van der Waals surface area contributed by atoms with Crippen LogP contribution in [0.25, 0.3) is 0 Å². The van der Waals surface area contributed by atoms with Gasteiger partial charge in [-0.25, -0.2) is 0 Å². The highest BCUT2D eigenvalue weighted by Crippen LogP contribution is 2.43. The van der Waals surface area contributed by atoms with E-state index >= 15 is 0 Å². The lowest BCUT2D eigenvalue weighted by atomic mass is 10.1. The number of β-amino-alcohol motifs (C(OH)–C–C–N with tert-alkyl or cyclic N) is 1. The molecule has 2 atom stereocenters. The van der Waals surface area contributed by atoms with E-state index in [1.54, 1.807) is 25.2 Å². The summed E-state index contributed by atoms with van der Waals surface area (Å²) in [5, 5.41) is 18.3. The van der Waals surface area contributed by atoms with Crippen molar-refractivity contribution in [2.75, 3.05) is 33.1 Å². The number of aliphatic hydroxyl groups is 2. The first kappa shape index (κ1) is 15.9. The second-order valence-electron chi connectivity index (χ2n) is 4.65. The molecule has 0 saturated carbocycles. The van der Waals surface area contributed by atoms with E-state index < -0.39 is 6.10 Å². The largest absolute Gasteiger partial charge is 0.497 e. The molecule has 1 amide bonds. The van der Waals surface area contributed by atoms with Crippen molar-refractivity contribution in [3.8, 4) is 11.5 Å². The molecule has 1 aliphatic heterocycles. The van der Waals surface area contributed by atoms with Gasteiger partial charge in [-0.15, -0.1) is 11.8 Å². The minimum absolute atomic E-state index is 0.0598. The number of carbonyl (C=O) groups excluding carboxylic acids is 1. The fourth-order valence-corrected chi connectivity index (χ4v) is 3.44. The van der Waals surface area contributed by atoms with Crippen molar-refractivity contribution in [1.29, 1.82) is 0 Å². The summed E-state index contributed by atoms with van der Waals surface area (Å²) >= 11 is 1.47. The van der Waals surface area contributed by atoms with Crippen LogP contribution >= 0.6 is 11.8 Å². The Bertz CT molecular complexity index is 510. The van der Waals surface area contributed by atoms with Gasteiger partial charge >= 0.3 is 0 Å². The van der Waals surface area contributed by atoms with Crippen LogP contribution in [0, 0.1) is 0 Å². The van der Waals surface area contributed by atoms with Crippen molar-refractivity contribution >= 4 is 17.7 Å². The Morgan fingerprint density at radius 3 is 2.81 bits per heavy atom. The minimum Gasteiger partial charge on any atom is -0.497 e. The SMILES string of the molecule is COc1ccc(C2SCC(=O)N2C[C@H](O)CO)c(OC)c1. The van der Waals surface area contributed by atoms with Gasteiger partial charge in [-0.1, -0.05) is 0 Å². The van der Waals surface area contributed by atoms with Gasteiger partial charge in [0, 0.05) is 11.6 Å². The first-order chi connectivity index (χ1) is 10.1. The summed E-state index contributed by atoms with van der Waals surface area (Å²) in [7, 11) is 3.14. The maximum absolute atomic E-state index is 12.0. The van der Waals surface area contributed by atoms with Crippen LogP contribution in [0.2, 0.25) is 0 Å². The average Bonchev–Trinajstić information content (AvgIpc) is 2.87. The molecule has 116 valence electrons. The number of nitrogens with zero attached hydrogens (tertiary/aromatic N) is 1. The summed E-state index contributed by atoms with van der Waals surface area (Å²) in [6, 6.07) is 5.42. The molecule has 1 aromatic rings. The number of rotatable bonds is 6. The fourth-order valence-electron chi connectivity index (χ4n) is 2.22. The van der Waals surface area contributed by atoms with Gasteiger partial charge in [0.25, 0.3) is 0 Å². The molecule has 1 unspecified atom stereocenters. The highest BCUT2D eigenvalue weighted by atomic mass is 32.2. The highest BCUT2D eigenvalue weighted by Gasteiger charge is 2.35. The Morgan fingerprint density at radius 1 is 1.43 bits per heavy atom. The van der Waals surface area contributed by atoms with Crippen LogP contribution in [-0.2, 0) is 4.79 Å². The first-order valence-electron chi connectivity index (χ1n) is 6.52. The summed E-state index contributed by atoms with van der Waals surface area (Å²) in [5.41, 5.74) is 0.847. The number of aliphatic hydroxyl groups excluding tert-OH is 2. The molecule has 0 radical (unpaired) electrons. The molecule has 1 saturated heterocycles. The molecule has 1 fully saturated rings. The third-order valence-corrected chi connectivity index (χ3v) is 4.53. The van der Waals surface area contributed by atoms with Crippen molar-refractivity contribution < 1.29 is 24.5 Å². The van der Waals surface area contributed by atoms with E-state index in [0.717, 1.165) is 5.56 Å². The monoisotopic (exact) mass is 313 g/mol. The van der Waals surface area contributed by atoms with Crippen LogP contribution in [0.1, 0.15) is 10.9 Å². The summed E-state index contributed by atoms with van der Waals surface area (Å²) in [5.74, 6) is 1.59. The average molecular weight is 313 g/mol. The molecule has 2 N–H and O–H groups in total. The van der Waals surface area contributed by atoms with Gasteiger partial charge in [-0.05, 0) is 12.1 Å². The maximum atomic E-state index is 12.0. The Morgan fingerprint density at radius 2 is 2.19 bits per heavy atom. The number of thioether (sulfide) groups is 1. The smallest absolute Gasteiger partial charge is 0.233 e. The number of hydrogen-bond donors (Lipinski definition) is 2. The van der Waals surface area contributed by atoms with Crippen LogP contribution in [0.4, 0.5) is 0 Å². The first-order valence-corrected chi connectivity index (χ1v) is 7.57. The van der Waals surface area contributed by atoms with E-state index in [-0.39, 0.29) is 24.4 Å². The van der Waals surface area contributed by atoms with Gasteiger partial charge in [0.2, 0.25) is 5.91 Å². The predicted molar refractivity (Wildman–Crippen MR) is 79.6 cm³/mol. The van der Waals surface area contributed by atoms with Crippen LogP contribution in [0.15, 0.2) is 18.2 Å². The zero-order valence-electron chi connectivity index (χ0n) is 12.0. The standard InChI is InChI=1S/C14H19NO5S/c1-19-10-3-4-11(12(5-10)20-2)14-15(6-9(17)7-16)13(18)8-21-14/h3-5,9,14,16-17H,6-8H2,1-2H3/t9-,14?/m0/s1. The topological polar surface area (TPSA) is 79.2 Å². The van der Waals surface area contributed by atoms with Crippen molar-refractivity contribution in [2.24, 2.45) is 0 Å². The van der Waals surface area contributed by atoms with Crippen LogP contribution in [0.5, 0.6) is 11.5 Å². The van der Waals surface area contributed by atoms with Gasteiger partial charge in [-0.2, -0.15) is 0 Å². The second-order valence-corrected chi connectivity index (χ2v) is 5.72. The Labute approximate surface area is 127 Å². The van der Waals surface area contributed by atoms with E-state index in [2.05, 4.69) is 0 Å². The maximum Gasteiger partial charge on any atom is 0.233 e. The van der Waals surface area contributed by atoms with E-state index in [4.69, 9.17) is 14.6 Å². The van der Waals surface area contributed by atoms with E-state index in [1.165, 1.54) is 11.8 Å². The fraction of sp³-hybridized carbons (Fsp3) is 0.500. The minimum atomic E-state index is -0.945. The number of amides is 1. The van der Waals surface area contributed by atoms with Crippen molar-refractivity contribution in [2.45, 2.75) is 11.5 Å². The highest BCUT2D eigenvalue weighted by molar-refractivity contribution is 8.00. The van der Waals surface area contributed by atoms with E-state index in [9.17, 15) is 9.90 Å². The molecule has 1 aliphatic rings. The van der Waals surface area contributed by atoms with E-state index in [0.29, 0.717) is 17.3 Å². The summed E-state index contributed by atoms with van der Waals surface area (Å²) in [4.78, 5) is 13.5. The normalized spacial score (nSPS) is 19.7. The zero-order chi connectivity index (χ0) is 15.4. The number of hydrogen-bond acceptors (Lipinski definition) is 6. The quantitative estimate of drug-likeness (QED) is 0.802. The molecule has 0 aromatic heterocycles. The molecule has 0 aliphatic carbocycles. The zero-order valence-corrected chi connectivity index (χ0v) is 12.8. The van der Waals surface area contributed by atoms with Crippen LogP contribution in [0.3, 0.4) is 0 Å². The lowest BCUT2D eigenvalue weighted by Crippen LogP contribution is -2.37. The summed E-state index contributed by atoms with van der Waals surface area (Å²) in [6.45, 7) is -0.275. The van der Waals surface area contributed by atoms with Gasteiger partial charge in [0.1, 0.15) is 16.9 Å². The van der Waals surface area contributed by atoms with Gasteiger partial charge in [0.15, 0.2) is 0 Å². The number of benzene rings is 1.